The number of nitrogens with two attached hydrogens (primary N) is 1. The molecule has 1 amide bonds. The third kappa shape index (κ3) is 4.00. The Balaban J connectivity index is 2.61. The molecule has 1 atom stereocenters. The van der Waals surface area contributed by atoms with Gasteiger partial charge < -0.3 is 15.8 Å². The van der Waals surface area contributed by atoms with Crippen LogP contribution in [0.3, 0.4) is 0 Å². The molecule has 5 heteroatoms. The first-order chi connectivity index (χ1) is 8.58. The molecule has 3 N–H and O–H groups in total. The number of hydrogen-bond acceptors (Lipinski definition) is 3. The highest BCUT2D eigenvalue weighted by molar-refractivity contribution is 5.92. The summed E-state index contributed by atoms with van der Waals surface area (Å²) < 4.78 is 18.2. The molecule has 0 spiro atoms. The Morgan fingerprint density at radius 3 is 2.83 bits per heavy atom. The lowest BCUT2D eigenvalue weighted by molar-refractivity contribution is -0.119. The SMILES string of the molecule is COc1ccc(NC(=O)C(C)CCCN)cc1F. The number of anilines is 1. The Labute approximate surface area is 106 Å². The lowest BCUT2D eigenvalue weighted by atomic mass is 10.0. The third-order valence-corrected chi connectivity index (χ3v) is 2.71. The standard InChI is InChI=1S/C13H19FN2O2/c1-9(4-3-7-15)13(17)16-10-5-6-12(18-2)11(14)8-10/h5-6,8-9H,3-4,7,15H2,1-2H3,(H,16,17). The molecule has 1 aromatic rings. The molecule has 0 fully saturated rings. The number of rotatable bonds is 6. The van der Waals surface area contributed by atoms with Crippen LogP contribution in [0.5, 0.6) is 5.75 Å². The topological polar surface area (TPSA) is 64.3 Å². The number of carbonyl (C=O) groups excluding carboxylic acids is 1. The summed E-state index contributed by atoms with van der Waals surface area (Å²) in [5.74, 6) is -0.610. The third-order valence-electron chi connectivity index (χ3n) is 2.71. The van der Waals surface area contributed by atoms with E-state index < -0.39 is 5.82 Å². The molecule has 0 bridgehead atoms. The van der Waals surface area contributed by atoms with Crippen molar-refractivity contribution in [2.45, 2.75) is 19.8 Å². The minimum absolute atomic E-state index is 0.131. The zero-order chi connectivity index (χ0) is 13.5. The predicted molar refractivity (Wildman–Crippen MR) is 69.0 cm³/mol. The summed E-state index contributed by atoms with van der Waals surface area (Å²) in [7, 11) is 1.39. The molecule has 0 saturated heterocycles. The molecule has 0 saturated carbocycles. The molecule has 0 aliphatic heterocycles. The number of benzene rings is 1. The zero-order valence-corrected chi connectivity index (χ0v) is 10.7. The van der Waals surface area contributed by atoms with Crippen LogP contribution in [-0.2, 0) is 4.79 Å². The average Bonchev–Trinajstić information content (AvgIpc) is 2.36. The van der Waals surface area contributed by atoms with Crippen LogP contribution in [0.4, 0.5) is 10.1 Å². The van der Waals surface area contributed by atoms with Crippen molar-refractivity contribution in [1.29, 1.82) is 0 Å². The molecule has 4 nitrogen and oxygen atoms in total. The molecule has 1 aromatic carbocycles. The molecule has 0 aliphatic carbocycles. The van der Waals surface area contributed by atoms with Crippen LogP contribution < -0.4 is 15.8 Å². The number of halogens is 1. The van der Waals surface area contributed by atoms with E-state index in [1.165, 1.54) is 19.2 Å². The van der Waals surface area contributed by atoms with Crippen LogP contribution in [0, 0.1) is 11.7 Å². The van der Waals surface area contributed by atoms with Crippen molar-refractivity contribution in [2.24, 2.45) is 11.7 Å². The molecule has 1 rings (SSSR count). The van der Waals surface area contributed by atoms with Gasteiger partial charge in [0.1, 0.15) is 0 Å². The second-order valence-electron chi connectivity index (χ2n) is 4.17. The normalized spacial score (nSPS) is 12.0. The van der Waals surface area contributed by atoms with E-state index in [1.54, 1.807) is 6.07 Å². The summed E-state index contributed by atoms with van der Waals surface area (Å²) >= 11 is 0. The van der Waals surface area contributed by atoms with E-state index >= 15 is 0 Å². The van der Waals surface area contributed by atoms with Gasteiger partial charge in [0.25, 0.3) is 0 Å². The lowest BCUT2D eigenvalue weighted by Crippen LogP contribution is -2.21. The Morgan fingerprint density at radius 1 is 1.56 bits per heavy atom. The number of carbonyl (C=O) groups is 1. The predicted octanol–water partition coefficient (Wildman–Crippen LogP) is 2.15. The second kappa shape index (κ2) is 6.96. The van der Waals surface area contributed by atoms with E-state index in [4.69, 9.17) is 10.5 Å². The smallest absolute Gasteiger partial charge is 0.227 e. The van der Waals surface area contributed by atoms with Gasteiger partial charge in [-0.15, -0.1) is 0 Å². The van der Waals surface area contributed by atoms with Gasteiger partial charge in [-0.25, -0.2) is 4.39 Å². The summed E-state index contributed by atoms with van der Waals surface area (Å²) in [5, 5.41) is 2.67. The Kier molecular flexibility index (Phi) is 5.58. The van der Waals surface area contributed by atoms with E-state index in [1.807, 2.05) is 6.92 Å². The van der Waals surface area contributed by atoms with Gasteiger partial charge in [0.05, 0.1) is 7.11 Å². The van der Waals surface area contributed by atoms with E-state index in [2.05, 4.69) is 5.32 Å². The van der Waals surface area contributed by atoms with Gasteiger partial charge in [0, 0.05) is 17.7 Å². The van der Waals surface area contributed by atoms with E-state index in [9.17, 15) is 9.18 Å². The Bertz CT molecular complexity index is 410. The monoisotopic (exact) mass is 254 g/mol. The van der Waals surface area contributed by atoms with Crippen LogP contribution in [0.25, 0.3) is 0 Å². The molecule has 100 valence electrons. The zero-order valence-electron chi connectivity index (χ0n) is 10.7. The first-order valence-electron chi connectivity index (χ1n) is 5.93. The Hall–Kier alpha value is -1.62. The molecule has 1 unspecified atom stereocenters. The quantitative estimate of drug-likeness (QED) is 0.817. The minimum Gasteiger partial charge on any atom is -0.494 e. The largest absolute Gasteiger partial charge is 0.494 e. The first kappa shape index (κ1) is 14.4. The van der Waals surface area contributed by atoms with Crippen LogP contribution in [0.1, 0.15) is 19.8 Å². The highest BCUT2D eigenvalue weighted by atomic mass is 19.1. The van der Waals surface area contributed by atoms with Crippen molar-refractivity contribution in [3.8, 4) is 5.75 Å². The summed E-state index contributed by atoms with van der Waals surface area (Å²) in [5.41, 5.74) is 5.81. The van der Waals surface area contributed by atoms with E-state index in [0.29, 0.717) is 12.2 Å². The number of ether oxygens (including phenoxy) is 1. The fraction of sp³-hybridized carbons (Fsp3) is 0.462. The van der Waals surface area contributed by atoms with E-state index in [-0.39, 0.29) is 17.6 Å². The summed E-state index contributed by atoms with van der Waals surface area (Å²) in [6, 6.07) is 4.33. The first-order valence-corrected chi connectivity index (χ1v) is 5.93. The highest BCUT2D eigenvalue weighted by Gasteiger charge is 2.13. The van der Waals surface area contributed by atoms with Crippen LogP contribution in [0.2, 0.25) is 0 Å². The molecule has 18 heavy (non-hydrogen) atoms. The van der Waals surface area contributed by atoms with Crippen molar-refractivity contribution in [2.75, 3.05) is 19.0 Å². The van der Waals surface area contributed by atoms with Gasteiger partial charge >= 0.3 is 0 Å². The van der Waals surface area contributed by atoms with Crippen molar-refractivity contribution < 1.29 is 13.9 Å². The van der Waals surface area contributed by atoms with Gasteiger partial charge in [0.15, 0.2) is 11.6 Å². The van der Waals surface area contributed by atoms with Crippen LogP contribution in [0.15, 0.2) is 18.2 Å². The minimum atomic E-state index is -0.495. The van der Waals surface area contributed by atoms with Gasteiger partial charge in [-0.3, -0.25) is 4.79 Å². The fourth-order valence-electron chi connectivity index (χ4n) is 1.56. The van der Waals surface area contributed by atoms with Gasteiger partial charge in [-0.05, 0) is 31.5 Å². The fourth-order valence-corrected chi connectivity index (χ4v) is 1.56. The molecular formula is C13H19FN2O2. The highest BCUT2D eigenvalue weighted by Crippen LogP contribution is 2.21. The summed E-state index contributed by atoms with van der Waals surface area (Å²) in [6.45, 7) is 2.39. The number of hydrogen-bond donors (Lipinski definition) is 2. The average molecular weight is 254 g/mol. The number of nitrogens with one attached hydrogen (secondary N) is 1. The second-order valence-corrected chi connectivity index (χ2v) is 4.17. The maximum absolute atomic E-state index is 13.4. The van der Waals surface area contributed by atoms with Crippen LogP contribution in [-0.4, -0.2) is 19.6 Å². The van der Waals surface area contributed by atoms with Crippen molar-refractivity contribution in [3.63, 3.8) is 0 Å². The van der Waals surface area contributed by atoms with Crippen molar-refractivity contribution in [3.05, 3.63) is 24.0 Å². The lowest BCUT2D eigenvalue weighted by Gasteiger charge is -2.12. The Morgan fingerprint density at radius 2 is 2.28 bits per heavy atom. The van der Waals surface area contributed by atoms with Gasteiger partial charge in [0.2, 0.25) is 5.91 Å². The van der Waals surface area contributed by atoms with Gasteiger partial charge in [-0.2, -0.15) is 0 Å². The number of amides is 1. The maximum atomic E-state index is 13.4. The molecule has 0 radical (unpaired) electrons. The maximum Gasteiger partial charge on any atom is 0.227 e. The molecule has 0 aromatic heterocycles. The van der Waals surface area contributed by atoms with E-state index in [0.717, 1.165) is 12.8 Å². The summed E-state index contributed by atoms with van der Waals surface area (Å²) in [6.07, 6.45) is 1.52. The van der Waals surface area contributed by atoms with Gasteiger partial charge in [-0.1, -0.05) is 6.92 Å². The summed E-state index contributed by atoms with van der Waals surface area (Å²) in [4.78, 5) is 11.8. The molecular weight excluding hydrogens is 235 g/mol. The van der Waals surface area contributed by atoms with Crippen molar-refractivity contribution in [1.82, 2.24) is 0 Å². The molecule has 0 heterocycles. The van der Waals surface area contributed by atoms with Crippen molar-refractivity contribution >= 4 is 11.6 Å². The van der Waals surface area contributed by atoms with Crippen LogP contribution >= 0.6 is 0 Å². The molecule has 0 aliphatic rings. The number of methoxy groups -OCH3 is 1.